The Morgan fingerprint density at radius 1 is 1.29 bits per heavy atom. The lowest BCUT2D eigenvalue weighted by molar-refractivity contribution is -0.162. The molecule has 4 unspecified atom stereocenters. The number of nitrogens with two attached hydrogens (primary N) is 1. The van der Waals surface area contributed by atoms with Crippen molar-refractivity contribution in [3.8, 4) is 0 Å². The van der Waals surface area contributed by atoms with E-state index in [9.17, 15) is 4.79 Å². The molecule has 1 aromatic rings. The van der Waals surface area contributed by atoms with Gasteiger partial charge in [0.25, 0.3) is 0 Å². The van der Waals surface area contributed by atoms with E-state index < -0.39 is 0 Å². The lowest BCUT2D eigenvalue weighted by atomic mass is 9.61. The number of esters is 1. The fourth-order valence-electron chi connectivity index (χ4n) is 3.32. The van der Waals surface area contributed by atoms with Gasteiger partial charge >= 0.3 is 5.97 Å². The van der Waals surface area contributed by atoms with Gasteiger partial charge < -0.3 is 10.5 Å². The average Bonchev–Trinajstić information content (AvgIpc) is 2.45. The van der Waals surface area contributed by atoms with Gasteiger partial charge in [-0.2, -0.15) is 0 Å². The summed E-state index contributed by atoms with van der Waals surface area (Å²) in [6.07, 6.45) is 1.50. The Morgan fingerprint density at radius 3 is 2.52 bits per heavy atom. The maximum Gasteiger partial charge on any atom is 0.310 e. The number of benzene rings is 1. The zero-order valence-electron chi connectivity index (χ0n) is 13.5. The second kappa shape index (κ2) is 6.18. The molecule has 21 heavy (non-hydrogen) atoms. The van der Waals surface area contributed by atoms with E-state index in [4.69, 9.17) is 10.5 Å². The molecule has 2 rings (SSSR count). The predicted molar refractivity (Wildman–Crippen MR) is 84.6 cm³/mol. The summed E-state index contributed by atoms with van der Waals surface area (Å²) in [5.41, 5.74) is 7.07. The first-order valence-electron chi connectivity index (χ1n) is 7.85. The zero-order valence-corrected chi connectivity index (χ0v) is 13.5. The number of carbonyl (C=O) groups is 1. The molecular formula is C18H27NO2. The van der Waals surface area contributed by atoms with Crippen LogP contribution in [0.2, 0.25) is 0 Å². The molecule has 3 nitrogen and oxygen atoms in total. The first-order valence-corrected chi connectivity index (χ1v) is 7.85. The van der Waals surface area contributed by atoms with E-state index in [1.165, 1.54) is 0 Å². The maximum atomic E-state index is 12.6. The summed E-state index contributed by atoms with van der Waals surface area (Å²) in [6, 6.07) is 10.0. The molecule has 1 fully saturated rings. The van der Waals surface area contributed by atoms with Gasteiger partial charge in [-0.15, -0.1) is 0 Å². The molecule has 0 saturated heterocycles. The Kier molecular flexibility index (Phi) is 4.72. The fraction of sp³-hybridized carbons (Fsp3) is 0.611. The SMILES string of the molecule is CC(OC(=O)C1CCC(N)C(C)C1(C)C)c1ccccc1. The van der Waals surface area contributed by atoms with Crippen LogP contribution in [0, 0.1) is 17.3 Å². The molecule has 1 saturated carbocycles. The third kappa shape index (κ3) is 3.29. The topological polar surface area (TPSA) is 52.3 Å². The summed E-state index contributed by atoms with van der Waals surface area (Å²) in [6.45, 7) is 8.34. The average molecular weight is 289 g/mol. The van der Waals surface area contributed by atoms with Gasteiger partial charge in [-0.25, -0.2) is 0 Å². The Labute approximate surface area is 127 Å². The summed E-state index contributed by atoms with van der Waals surface area (Å²) in [4.78, 5) is 12.6. The van der Waals surface area contributed by atoms with Crippen LogP contribution in [-0.2, 0) is 9.53 Å². The highest BCUT2D eigenvalue weighted by Gasteiger charge is 2.46. The van der Waals surface area contributed by atoms with Crippen molar-refractivity contribution in [3.63, 3.8) is 0 Å². The normalized spacial score (nSPS) is 29.7. The van der Waals surface area contributed by atoms with Crippen LogP contribution in [0.1, 0.15) is 52.2 Å². The minimum absolute atomic E-state index is 0.0709. The van der Waals surface area contributed by atoms with Crippen LogP contribution in [0.25, 0.3) is 0 Å². The molecule has 2 N–H and O–H groups in total. The molecular weight excluding hydrogens is 262 g/mol. The van der Waals surface area contributed by atoms with Crippen molar-refractivity contribution in [1.29, 1.82) is 0 Å². The first-order chi connectivity index (χ1) is 9.84. The van der Waals surface area contributed by atoms with E-state index in [0.29, 0.717) is 5.92 Å². The highest BCUT2D eigenvalue weighted by atomic mass is 16.5. The minimum Gasteiger partial charge on any atom is -0.458 e. The van der Waals surface area contributed by atoms with E-state index in [1.807, 2.05) is 37.3 Å². The molecule has 1 aliphatic rings. The summed E-state index contributed by atoms with van der Waals surface area (Å²) < 4.78 is 5.72. The monoisotopic (exact) mass is 289 g/mol. The molecule has 1 aliphatic carbocycles. The van der Waals surface area contributed by atoms with E-state index in [2.05, 4.69) is 20.8 Å². The van der Waals surface area contributed by atoms with E-state index in [1.54, 1.807) is 0 Å². The standard InChI is InChI=1S/C18H27NO2/c1-12-16(19)11-10-15(18(12,3)4)17(20)21-13(2)14-8-6-5-7-9-14/h5-9,12-13,15-16H,10-11,19H2,1-4H3. The van der Waals surface area contributed by atoms with Gasteiger partial charge in [0.15, 0.2) is 0 Å². The summed E-state index contributed by atoms with van der Waals surface area (Å²) >= 11 is 0. The van der Waals surface area contributed by atoms with Crippen molar-refractivity contribution < 1.29 is 9.53 Å². The number of hydrogen-bond donors (Lipinski definition) is 1. The third-order valence-corrected chi connectivity index (χ3v) is 5.35. The summed E-state index contributed by atoms with van der Waals surface area (Å²) in [5, 5.41) is 0. The highest BCUT2D eigenvalue weighted by Crippen LogP contribution is 2.45. The van der Waals surface area contributed by atoms with Crippen molar-refractivity contribution in [2.24, 2.45) is 23.0 Å². The molecule has 0 bridgehead atoms. The van der Waals surface area contributed by atoms with Gasteiger partial charge in [0, 0.05) is 6.04 Å². The molecule has 0 heterocycles. The van der Waals surface area contributed by atoms with Crippen LogP contribution in [0.4, 0.5) is 0 Å². The lowest BCUT2D eigenvalue weighted by Crippen LogP contribution is -2.49. The molecule has 0 aromatic heterocycles. The van der Waals surface area contributed by atoms with Gasteiger partial charge in [0.2, 0.25) is 0 Å². The van der Waals surface area contributed by atoms with E-state index in [0.717, 1.165) is 18.4 Å². The maximum absolute atomic E-state index is 12.6. The van der Waals surface area contributed by atoms with Gasteiger partial charge in [-0.05, 0) is 36.7 Å². The van der Waals surface area contributed by atoms with Crippen molar-refractivity contribution in [3.05, 3.63) is 35.9 Å². The zero-order chi connectivity index (χ0) is 15.6. The van der Waals surface area contributed by atoms with Crippen LogP contribution in [0.5, 0.6) is 0 Å². The Hall–Kier alpha value is -1.35. The lowest BCUT2D eigenvalue weighted by Gasteiger charge is -2.45. The van der Waals surface area contributed by atoms with Gasteiger partial charge in [-0.1, -0.05) is 51.1 Å². The fourth-order valence-corrected chi connectivity index (χ4v) is 3.32. The second-order valence-corrected chi connectivity index (χ2v) is 6.89. The molecule has 116 valence electrons. The largest absolute Gasteiger partial charge is 0.458 e. The van der Waals surface area contributed by atoms with Gasteiger partial charge in [-0.3, -0.25) is 4.79 Å². The molecule has 4 atom stereocenters. The van der Waals surface area contributed by atoms with Crippen LogP contribution in [0.15, 0.2) is 30.3 Å². The number of rotatable bonds is 3. The van der Waals surface area contributed by atoms with Gasteiger partial charge in [0.1, 0.15) is 6.10 Å². The number of hydrogen-bond acceptors (Lipinski definition) is 3. The van der Waals surface area contributed by atoms with Crippen LogP contribution in [-0.4, -0.2) is 12.0 Å². The van der Waals surface area contributed by atoms with Gasteiger partial charge in [0.05, 0.1) is 5.92 Å². The molecule has 0 amide bonds. The van der Waals surface area contributed by atoms with Crippen molar-refractivity contribution in [2.45, 2.75) is 52.7 Å². The van der Waals surface area contributed by atoms with Crippen LogP contribution >= 0.6 is 0 Å². The molecule has 0 spiro atoms. The molecule has 0 aliphatic heterocycles. The summed E-state index contributed by atoms with van der Waals surface area (Å²) in [7, 11) is 0. The molecule has 3 heteroatoms. The van der Waals surface area contributed by atoms with E-state index in [-0.39, 0.29) is 29.4 Å². The quantitative estimate of drug-likeness (QED) is 0.863. The number of ether oxygens (including phenoxy) is 1. The first kappa shape index (κ1) is 16.0. The van der Waals surface area contributed by atoms with E-state index >= 15 is 0 Å². The molecule has 0 radical (unpaired) electrons. The minimum atomic E-state index is -0.208. The number of carbonyl (C=O) groups excluding carboxylic acids is 1. The molecule has 1 aromatic carbocycles. The van der Waals surface area contributed by atoms with Crippen LogP contribution < -0.4 is 5.73 Å². The van der Waals surface area contributed by atoms with Crippen molar-refractivity contribution in [1.82, 2.24) is 0 Å². The summed E-state index contributed by atoms with van der Waals surface area (Å²) in [5.74, 6) is 0.157. The van der Waals surface area contributed by atoms with Crippen LogP contribution in [0.3, 0.4) is 0 Å². The predicted octanol–water partition coefficient (Wildman–Crippen LogP) is 3.69. The highest BCUT2D eigenvalue weighted by molar-refractivity contribution is 5.74. The Balaban J connectivity index is 2.06. The third-order valence-electron chi connectivity index (χ3n) is 5.35. The van der Waals surface area contributed by atoms with Crippen molar-refractivity contribution in [2.75, 3.05) is 0 Å². The Bertz CT molecular complexity index is 483. The Morgan fingerprint density at radius 2 is 1.90 bits per heavy atom. The smallest absolute Gasteiger partial charge is 0.310 e. The second-order valence-electron chi connectivity index (χ2n) is 6.89. The van der Waals surface area contributed by atoms with Crippen molar-refractivity contribution >= 4 is 5.97 Å².